The molecule has 3 heteroatoms. The molecule has 0 bridgehead atoms. The molecule has 1 rings (SSSR count). The standard InChI is InChI=1S/C10H8N2S/c1-2-3-6-13-10-7-9(8-11)4-5-12-10/h1,4-5,7H,3,6H2. The van der Waals surface area contributed by atoms with Crippen molar-refractivity contribution in [3.05, 3.63) is 23.9 Å². The van der Waals surface area contributed by atoms with Crippen LogP contribution in [0, 0.1) is 23.7 Å². The summed E-state index contributed by atoms with van der Waals surface area (Å²) in [6.45, 7) is 0. The Balaban J connectivity index is 2.59. The average molecular weight is 188 g/mol. The molecule has 1 heterocycles. The molecule has 0 N–H and O–H groups in total. The molecular formula is C10H8N2S. The topological polar surface area (TPSA) is 36.7 Å². The summed E-state index contributed by atoms with van der Waals surface area (Å²) in [5.74, 6) is 3.40. The van der Waals surface area contributed by atoms with Gasteiger partial charge in [0.1, 0.15) is 0 Å². The molecule has 0 aliphatic heterocycles. The SMILES string of the molecule is C#CCCSc1cc(C#N)ccn1. The maximum atomic E-state index is 8.61. The minimum atomic E-state index is 0.637. The quantitative estimate of drug-likeness (QED) is 0.414. The summed E-state index contributed by atoms with van der Waals surface area (Å²) in [5, 5.41) is 9.47. The van der Waals surface area contributed by atoms with Gasteiger partial charge in [-0.1, -0.05) is 0 Å². The average Bonchev–Trinajstić information content (AvgIpc) is 2.19. The number of nitriles is 1. The van der Waals surface area contributed by atoms with Gasteiger partial charge < -0.3 is 0 Å². The molecule has 0 saturated heterocycles. The number of thioether (sulfide) groups is 1. The molecule has 0 saturated carbocycles. The Bertz CT molecular complexity index is 360. The molecule has 0 atom stereocenters. The molecule has 13 heavy (non-hydrogen) atoms. The number of hydrogen-bond acceptors (Lipinski definition) is 3. The summed E-state index contributed by atoms with van der Waals surface area (Å²) < 4.78 is 0. The summed E-state index contributed by atoms with van der Waals surface area (Å²) >= 11 is 1.57. The van der Waals surface area contributed by atoms with Crippen molar-refractivity contribution in [3.63, 3.8) is 0 Å². The fraction of sp³-hybridized carbons (Fsp3) is 0.200. The summed E-state index contributed by atoms with van der Waals surface area (Å²) in [6, 6.07) is 5.51. The van der Waals surface area contributed by atoms with Crippen molar-refractivity contribution in [2.75, 3.05) is 5.75 Å². The van der Waals surface area contributed by atoms with Gasteiger partial charge in [0.05, 0.1) is 16.7 Å². The van der Waals surface area contributed by atoms with E-state index in [2.05, 4.69) is 17.0 Å². The van der Waals surface area contributed by atoms with E-state index in [9.17, 15) is 0 Å². The van der Waals surface area contributed by atoms with Crippen LogP contribution in [0.2, 0.25) is 0 Å². The van der Waals surface area contributed by atoms with E-state index < -0.39 is 0 Å². The van der Waals surface area contributed by atoms with Crippen molar-refractivity contribution in [2.45, 2.75) is 11.4 Å². The van der Waals surface area contributed by atoms with E-state index in [0.29, 0.717) is 5.56 Å². The van der Waals surface area contributed by atoms with Gasteiger partial charge in [0.15, 0.2) is 0 Å². The molecule has 0 amide bonds. The first kappa shape index (κ1) is 9.64. The molecule has 2 nitrogen and oxygen atoms in total. The van der Waals surface area contributed by atoms with Gasteiger partial charge in [-0.05, 0) is 12.1 Å². The molecule has 0 spiro atoms. The van der Waals surface area contributed by atoms with Crippen LogP contribution in [0.25, 0.3) is 0 Å². The number of nitrogens with zero attached hydrogens (tertiary/aromatic N) is 2. The van der Waals surface area contributed by atoms with Crippen LogP contribution in [0.15, 0.2) is 23.4 Å². The molecule has 0 radical (unpaired) electrons. The van der Waals surface area contributed by atoms with Crippen molar-refractivity contribution in [3.8, 4) is 18.4 Å². The first-order valence-corrected chi connectivity index (χ1v) is 4.78. The minimum absolute atomic E-state index is 0.637. The lowest BCUT2D eigenvalue weighted by Crippen LogP contribution is -1.83. The van der Waals surface area contributed by atoms with Crippen LogP contribution in [0.4, 0.5) is 0 Å². The smallest absolute Gasteiger partial charge is 0.0993 e. The highest BCUT2D eigenvalue weighted by molar-refractivity contribution is 7.99. The largest absolute Gasteiger partial charge is 0.250 e. The second-order valence-corrected chi connectivity index (χ2v) is 3.41. The minimum Gasteiger partial charge on any atom is -0.250 e. The number of hydrogen-bond donors (Lipinski definition) is 0. The summed E-state index contributed by atoms with van der Waals surface area (Å²) in [5.41, 5.74) is 0.637. The molecule has 0 aliphatic rings. The van der Waals surface area contributed by atoms with Gasteiger partial charge in [0.25, 0.3) is 0 Å². The highest BCUT2D eigenvalue weighted by atomic mass is 32.2. The van der Waals surface area contributed by atoms with Crippen LogP contribution >= 0.6 is 11.8 Å². The Labute approximate surface area is 82.0 Å². The van der Waals surface area contributed by atoms with Gasteiger partial charge in [-0.3, -0.25) is 0 Å². The zero-order valence-electron chi connectivity index (χ0n) is 7.03. The third kappa shape index (κ3) is 3.19. The van der Waals surface area contributed by atoms with Crippen molar-refractivity contribution in [1.82, 2.24) is 4.98 Å². The molecule has 1 aromatic rings. The second kappa shape index (κ2) is 5.24. The maximum Gasteiger partial charge on any atom is 0.0993 e. The third-order valence-corrected chi connectivity index (χ3v) is 2.29. The van der Waals surface area contributed by atoms with Crippen LogP contribution in [-0.2, 0) is 0 Å². The van der Waals surface area contributed by atoms with Gasteiger partial charge in [0.2, 0.25) is 0 Å². The van der Waals surface area contributed by atoms with Gasteiger partial charge in [-0.25, -0.2) is 4.98 Å². The van der Waals surface area contributed by atoms with E-state index in [0.717, 1.165) is 17.2 Å². The number of terminal acetylenes is 1. The molecule has 1 aromatic heterocycles. The van der Waals surface area contributed by atoms with Crippen molar-refractivity contribution in [2.24, 2.45) is 0 Å². The second-order valence-electron chi connectivity index (χ2n) is 2.30. The number of rotatable bonds is 3. The first-order chi connectivity index (χ1) is 6.36. The van der Waals surface area contributed by atoms with E-state index in [-0.39, 0.29) is 0 Å². The first-order valence-electron chi connectivity index (χ1n) is 3.79. The number of aromatic nitrogens is 1. The Kier molecular flexibility index (Phi) is 3.88. The highest BCUT2D eigenvalue weighted by Crippen LogP contribution is 2.16. The maximum absolute atomic E-state index is 8.61. The van der Waals surface area contributed by atoms with Crippen molar-refractivity contribution < 1.29 is 0 Å². The molecule has 0 aliphatic carbocycles. The van der Waals surface area contributed by atoms with Crippen molar-refractivity contribution in [1.29, 1.82) is 5.26 Å². The van der Waals surface area contributed by atoms with E-state index in [1.807, 2.05) is 0 Å². The van der Waals surface area contributed by atoms with Crippen molar-refractivity contribution >= 4 is 11.8 Å². The fourth-order valence-electron chi connectivity index (χ4n) is 0.772. The highest BCUT2D eigenvalue weighted by Gasteiger charge is 1.96. The van der Waals surface area contributed by atoms with E-state index >= 15 is 0 Å². The summed E-state index contributed by atoms with van der Waals surface area (Å²) in [7, 11) is 0. The lowest BCUT2D eigenvalue weighted by atomic mass is 10.3. The molecule has 64 valence electrons. The van der Waals surface area contributed by atoms with Crippen LogP contribution in [0.5, 0.6) is 0 Å². The normalized spacial score (nSPS) is 8.77. The Hall–Kier alpha value is -1.45. The zero-order valence-corrected chi connectivity index (χ0v) is 7.84. The Morgan fingerprint density at radius 2 is 2.46 bits per heavy atom. The summed E-state index contributed by atoms with van der Waals surface area (Å²) in [4.78, 5) is 4.10. The van der Waals surface area contributed by atoms with Crippen LogP contribution in [0.3, 0.4) is 0 Å². The van der Waals surface area contributed by atoms with Gasteiger partial charge in [-0.2, -0.15) is 5.26 Å². The van der Waals surface area contributed by atoms with E-state index in [1.54, 1.807) is 30.1 Å². The van der Waals surface area contributed by atoms with Gasteiger partial charge in [-0.15, -0.1) is 24.1 Å². The number of pyridine rings is 1. The monoisotopic (exact) mass is 188 g/mol. The predicted molar refractivity (Wildman–Crippen MR) is 53.1 cm³/mol. The molecule has 0 aromatic carbocycles. The molecule has 0 unspecified atom stereocenters. The van der Waals surface area contributed by atoms with Crippen LogP contribution in [-0.4, -0.2) is 10.7 Å². The molecular weight excluding hydrogens is 180 g/mol. The Morgan fingerprint density at radius 3 is 3.15 bits per heavy atom. The van der Waals surface area contributed by atoms with E-state index in [1.165, 1.54) is 0 Å². The lowest BCUT2D eigenvalue weighted by Gasteiger charge is -1.97. The van der Waals surface area contributed by atoms with E-state index in [4.69, 9.17) is 11.7 Å². The fourth-order valence-corrected chi connectivity index (χ4v) is 1.55. The Morgan fingerprint density at radius 1 is 1.62 bits per heavy atom. The molecule has 0 fully saturated rings. The lowest BCUT2D eigenvalue weighted by molar-refractivity contribution is 1.12. The zero-order chi connectivity index (χ0) is 9.52. The van der Waals surface area contributed by atoms with Crippen LogP contribution < -0.4 is 0 Å². The van der Waals surface area contributed by atoms with Crippen LogP contribution in [0.1, 0.15) is 12.0 Å². The third-order valence-electron chi connectivity index (χ3n) is 1.36. The van der Waals surface area contributed by atoms with Gasteiger partial charge in [0, 0.05) is 18.4 Å². The predicted octanol–water partition coefficient (Wildman–Crippen LogP) is 2.07. The van der Waals surface area contributed by atoms with Gasteiger partial charge >= 0.3 is 0 Å². The summed E-state index contributed by atoms with van der Waals surface area (Å²) in [6.07, 6.45) is 7.47.